The summed E-state index contributed by atoms with van der Waals surface area (Å²) in [4.78, 5) is 39.0. The number of hydrogen-bond donors (Lipinski definition) is 1. The van der Waals surface area contributed by atoms with E-state index >= 15 is 0 Å². The Bertz CT molecular complexity index is 449. The van der Waals surface area contributed by atoms with Gasteiger partial charge in [0.05, 0.1) is 6.33 Å². The Labute approximate surface area is 91.0 Å². The van der Waals surface area contributed by atoms with Gasteiger partial charge in [0.2, 0.25) is 11.8 Å². The van der Waals surface area contributed by atoms with Gasteiger partial charge in [-0.1, -0.05) is 0 Å². The molecule has 2 heterocycles. The molecule has 16 heavy (non-hydrogen) atoms. The Morgan fingerprint density at radius 3 is 2.50 bits per heavy atom. The SMILES string of the molecule is Cn1cnc(C(=O)N2CC(=O)NC(=O)C2)c1. The summed E-state index contributed by atoms with van der Waals surface area (Å²) < 4.78 is 1.62. The first kappa shape index (κ1) is 10.3. The molecule has 1 saturated heterocycles. The lowest BCUT2D eigenvalue weighted by molar-refractivity contribution is -0.135. The molecule has 0 aliphatic carbocycles. The van der Waals surface area contributed by atoms with E-state index in [1.165, 1.54) is 11.2 Å². The summed E-state index contributed by atoms with van der Waals surface area (Å²) in [6.45, 7) is -0.220. The Kier molecular flexibility index (Phi) is 2.43. The van der Waals surface area contributed by atoms with Crippen molar-refractivity contribution in [1.29, 1.82) is 0 Å². The molecule has 84 valence electrons. The molecule has 7 heteroatoms. The highest BCUT2D eigenvalue weighted by atomic mass is 16.2. The number of carbonyl (C=O) groups excluding carboxylic acids is 3. The van der Waals surface area contributed by atoms with Crippen LogP contribution in [0.25, 0.3) is 0 Å². The Morgan fingerprint density at radius 1 is 1.38 bits per heavy atom. The van der Waals surface area contributed by atoms with Gasteiger partial charge in [-0.2, -0.15) is 0 Å². The van der Waals surface area contributed by atoms with E-state index in [1.807, 2.05) is 0 Å². The van der Waals surface area contributed by atoms with E-state index in [-0.39, 0.29) is 18.8 Å². The van der Waals surface area contributed by atoms with Crippen LogP contribution in [0.15, 0.2) is 12.5 Å². The smallest absolute Gasteiger partial charge is 0.274 e. The molecule has 7 nitrogen and oxygen atoms in total. The maximum absolute atomic E-state index is 11.8. The second kappa shape index (κ2) is 3.76. The number of aromatic nitrogens is 2. The number of piperazine rings is 1. The molecule has 0 atom stereocenters. The highest BCUT2D eigenvalue weighted by molar-refractivity contribution is 6.05. The largest absolute Gasteiger partial charge is 0.340 e. The molecule has 0 aromatic carbocycles. The first-order chi connectivity index (χ1) is 7.56. The van der Waals surface area contributed by atoms with Crippen molar-refractivity contribution in [2.45, 2.75) is 0 Å². The standard InChI is InChI=1S/C9H10N4O3/c1-12-2-6(10-5-12)9(16)13-3-7(14)11-8(15)4-13/h2,5H,3-4H2,1H3,(H,11,14,15). The highest BCUT2D eigenvalue weighted by Gasteiger charge is 2.27. The first-order valence-corrected chi connectivity index (χ1v) is 4.66. The molecule has 1 fully saturated rings. The number of carbonyl (C=O) groups is 3. The fourth-order valence-electron chi connectivity index (χ4n) is 1.47. The van der Waals surface area contributed by atoms with E-state index in [9.17, 15) is 14.4 Å². The van der Waals surface area contributed by atoms with Crippen molar-refractivity contribution in [3.05, 3.63) is 18.2 Å². The van der Waals surface area contributed by atoms with E-state index in [1.54, 1.807) is 17.8 Å². The summed E-state index contributed by atoms with van der Waals surface area (Å²) in [5.41, 5.74) is 0.227. The van der Waals surface area contributed by atoms with Crippen LogP contribution in [-0.2, 0) is 16.6 Å². The van der Waals surface area contributed by atoms with Gasteiger partial charge in [-0.3, -0.25) is 19.7 Å². The molecular formula is C9H10N4O3. The zero-order valence-electron chi connectivity index (χ0n) is 8.64. The van der Waals surface area contributed by atoms with Crippen LogP contribution in [-0.4, -0.2) is 45.3 Å². The Morgan fingerprint density at radius 2 is 2.00 bits per heavy atom. The minimum absolute atomic E-state index is 0.110. The number of imide groups is 1. The lowest BCUT2D eigenvalue weighted by Crippen LogP contribution is -2.53. The minimum Gasteiger partial charge on any atom is -0.340 e. The minimum atomic E-state index is -0.472. The van der Waals surface area contributed by atoms with E-state index in [0.717, 1.165) is 0 Å². The lowest BCUT2D eigenvalue weighted by atomic mass is 10.3. The zero-order chi connectivity index (χ0) is 11.7. The number of amides is 3. The van der Waals surface area contributed by atoms with Gasteiger partial charge in [0.15, 0.2) is 0 Å². The highest BCUT2D eigenvalue weighted by Crippen LogP contribution is 2.03. The molecule has 1 aromatic heterocycles. The zero-order valence-corrected chi connectivity index (χ0v) is 8.64. The molecule has 1 aromatic rings. The maximum atomic E-state index is 11.8. The molecule has 0 bridgehead atoms. The van der Waals surface area contributed by atoms with Crippen LogP contribution in [0.5, 0.6) is 0 Å². The van der Waals surface area contributed by atoms with Crippen LogP contribution in [0.2, 0.25) is 0 Å². The van der Waals surface area contributed by atoms with Gasteiger partial charge < -0.3 is 9.47 Å². The van der Waals surface area contributed by atoms with Gasteiger partial charge in [-0.05, 0) is 0 Å². The summed E-state index contributed by atoms with van der Waals surface area (Å²) in [6, 6.07) is 0. The summed E-state index contributed by atoms with van der Waals surface area (Å²) in [5.74, 6) is -1.36. The lowest BCUT2D eigenvalue weighted by Gasteiger charge is -2.24. The van der Waals surface area contributed by atoms with Crippen molar-refractivity contribution in [1.82, 2.24) is 19.8 Å². The third-order valence-electron chi connectivity index (χ3n) is 2.16. The summed E-state index contributed by atoms with van der Waals surface area (Å²) in [7, 11) is 1.73. The predicted molar refractivity (Wildman–Crippen MR) is 52.3 cm³/mol. The summed E-state index contributed by atoms with van der Waals surface area (Å²) >= 11 is 0. The molecule has 1 aliphatic rings. The first-order valence-electron chi connectivity index (χ1n) is 4.66. The molecule has 0 unspecified atom stereocenters. The molecule has 3 amide bonds. The Hall–Kier alpha value is -2.18. The van der Waals surface area contributed by atoms with Crippen molar-refractivity contribution in [3.63, 3.8) is 0 Å². The quantitative estimate of drug-likeness (QED) is 0.587. The van der Waals surface area contributed by atoms with Gasteiger partial charge in [0, 0.05) is 13.2 Å². The average molecular weight is 222 g/mol. The van der Waals surface area contributed by atoms with Crippen molar-refractivity contribution in [2.75, 3.05) is 13.1 Å². The van der Waals surface area contributed by atoms with E-state index in [4.69, 9.17) is 0 Å². The number of aryl methyl sites for hydroxylation is 1. The molecule has 0 spiro atoms. The number of nitrogens with one attached hydrogen (secondary N) is 1. The van der Waals surface area contributed by atoms with Crippen LogP contribution >= 0.6 is 0 Å². The molecular weight excluding hydrogens is 212 g/mol. The maximum Gasteiger partial charge on any atom is 0.274 e. The number of hydrogen-bond acceptors (Lipinski definition) is 4. The molecule has 0 saturated carbocycles. The summed E-state index contributed by atoms with van der Waals surface area (Å²) in [5, 5.41) is 2.12. The molecule has 0 radical (unpaired) electrons. The van der Waals surface area contributed by atoms with Gasteiger partial charge >= 0.3 is 0 Å². The molecule has 1 N–H and O–H groups in total. The number of rotatable bonds is 1. The second-order valence-corrected chi connectivity index (χ2v) is 3.56. The predicted octanol–water partition coefficient (Wildman–Crippen LogP) is -1.48. The van der Waals surface area contributed by atoms with Gasteiger partial charge in [0.25, 0.3) is 5.91 Å². The van der Waals surface area contributed by atoms with Gasteiger partial charge in [0.1, 0.15) is 18.8 Å². The number of nitrogens with zero attached hydrogens (tertiary/aromatic N) is 3. The average Bonchev–Trinajstić information content (AvgIpc) is 2.62. The van der Waals surface area contributed by atoms with Crippen molar-refractivity contribution < 1.29 is 14.4 Å². The van der Waals surface area contributed by atoms with Crippen LogP contribution in [0, 0.1) is 0 Å². The third-order valence-corrected chi connectivity index (χ3v) is 2.16. The normalized spacial score (nSPS) is 16.2. The Balaban J connectivity index is 2.15. The number of imidazole rings is 1. The van der Waals surface area contributed by atoms with Gasteiger partial charge in [-0.15, -0.1) is 0 Å². The fourth-order valence-corrected chi connectivity index (χ4v) is 1.47. The molecule has 2 rings (SSSR count). The van der Waals surface area contributed by atoms with Crippen LogP contribution < -0.4 is 5.32 Å². The van der Waals surface area contributed by atoms with Crippen LogP contribution in [0.1, 0.15) is 10.5 Å². The van der Waals surface area contributed by atoms with Crippen LogP contribution in [0.4, 0.5) is 0 Å². The fraction of sp³-hybridized carbons (Fsp3) is 0.333. The monoisotopic (exact) mass is 222 g/mol. The second-order valence-electron chi connectivity index (χ2n) is 3.56. The third kappa shape index (κ3) is 1.92. The van der Waals surface area contributed by atoms with E-state index in [0.29, 0.717) is 0 Å². The van der Waals surface area contributed by atoms with Gasteiger partial charge in [-0.25, -0.2) is 4.98 Å². The van der Waals surface area contributed by atoms with E-state index in [2.05, 4.69) is 10.3 Å². The van der Waals surface area contributed by atoms with Crippen molar-refractivity contribution >= 4 is 17.7 Å². The summed E-state index contributed by atoms with van der Waals surface area (Å²) in [6.07, 6.45) is 3.03. The van der Waals surface area contributed by atoms with E-state index < -0.39 is 17.7 Å². The molecule has 1 aliphatic heterocycles. The topological polar surface area (TPSA) is 84.3 Å². The van der Waals surface area contributed by atoms with Crippen LogP contribution in [0.3, 0.4) is 0 Å². The van der Waals surface area contributed by atoms with Crippen molar-refractivity contribution in [2.24, 2.45) is 7.05 Å². The van der Waals surface area contributed by atoms with Crippen molar-refractivity contribution in [3.8, 4) is 0 Å².